The van der Waals surface area contributed by atoms with Crippen LogP contribution >= 0.6 is 15.9 Å². The van der Waals surface area contributed by atoms with Crippen LogP contribution in [0.1, 0.15) is 58.8 Å². The van der Waals surface area contributed by atoms with Crippen LogP contribution in [0.4, 0.5) is 0 Å². The first-order chi connectivity index (χ1) is 9.91. The smallest absolute Gasteiger partial charge is 0.162 e. The molecule has 0 radical (unpaired) electrons. The van der Waals surface area contributed by atoms with Gasteiger partial charge in [0.15, 0.2) is 5.78 Å². The van der Waals surface area contributed by atoms with Gasteiger partial charge in [-0.3, -0.25) is 14.2 Å². The van der Waals surface area contributed by atoms with Crippen LogP contribution in [0, 0.1) is 0 Å². The minimum atomic E-state index is -0.0479. The van der Waals surface area contributed by atoms with Crippen molar-refractivity contribution < 1.29 is 4.79 Å². The lowest BCUT2D eigenvalue weighted by atomic mass is 10.1. The Labute approximate surface area is 140 Å². The minimum absolute atomic E-state index is 0.0479. The molecule has 0 unspecified atom stereocenters. The highest BCUT2D eigenvalue weighted by molar-refractivity contribution is 9.10. The molecule has 0 aromatic carbocycles. The van der Waals surface area contributed by atoms with E-state index < -0.39 is 0 Å². The molecule has 22 heavy (non-hydrogen) atoms. The van der Waals surface area contributed by atoms with Gasteiger partial charge in [-0.25, -0.2) is 0 Å². The summed E-state index contributed by atoms with van der Waals surface area (Å²) in [7, 11) is 0. The van der Waals surface area contributed by atoms with E-state index in [-0.39, 0.29) is 16.9 Å². The molecule has 0 saturated carbocycles. The number of hydrogen-bond donors (Lipinski definition) is 0. The van der Waals surface area contributed by atoms with Gasteiger partial charge in [-0.05, 0) is 64.4 Å². The van der Waals surface area contributed by atoms with Gasteiger partial charge >= 0.3 is 0 Å². The number of ketones is 1. The molecule has 0 atom stereocenters. The van der Waals surface area contributed by atoms with Gasteiger partial charge in [0.1, 0.15) is 0 Å². The summed E-state index contributed by atoms with van der Waals surface area (Å²) in [5.74, 6) is 0.0606. The van der Waals surface area contributed by atoms with Crippen LogP contribution in [0.25, 0.3) is 0 Å². The first-order valence-electron chi connectivity index (χ1n) is 7.18. The Morgan fingerprint density at radius 2 is 1.41 bits per heavy atom. The second kappa shape index (κ2) is 6.77. The minimum Gasteiger partial charge on any atom is -0.294 e. The number of aromatic nitrogens is 4. The van der Waals surface area contributed by atoms with Crippen molar-refractivity contribution in [1.29, 1.82) is 0 Å². The van der Waals surface area contributed by atoms with E-state index in [4.69, 9.17) is 0 Å². The fraction of sp³-hybridized carbons (Fsp3) is 0.562. The van der Waals surface area contributed by atoms with Crippen LogP contribution in [-0.2, 0) is 11.1 Å². The molecular formula is C16H25BrN4O. The number of halogens is 1. The van der Waals surface area contributed by atoms with Crippen molar-refractivity contribution in [1.82, 2.24) is 19.6 Å². The molecule has 5 nitrogen and oxygen atoms in total. The van der Waals surface area contributed by atoms with E-state index >= 15 is 0 Å². The highest BCUT2D eigenvalue weighted by atomic mass is 79.9. The van der Waals surface area contributed by atoms with Crippen LogP contribution < -0.4 is 0 Å². The van der Waals surface area contributed by atoms with Gasteiger partial charge in [-0.2, -0.15) is 10.2 Å². The SMILES string of the molecule is CC(=O)c1cnn(C(C)(C)C)c1.CC(C)(C)n1cc(Br)cn1. The fourth-order valence-corrected chi connectivity index (χ4v) is 1.82. The lowest BCUT2D eigenvalue weighted by molar-refractivity contribution is 0.101. The summed E-state index contributed by atoms with van der Waals surface area (Å²) in [6, 6.07) is 0. The van der Waals surface area contributed by atoms with E-state index in [1.807, 2.05) is 31.6 Å². The fourth-order valence-electron chi connectivity index (χ4n) is 1.54. The Hall–Kier alpha value is -1.43. The molecule has 2 rings (SSSR count). The lowest BCUT2D eigenvalue weighted by Crippen LogP contribution is -2.22. The first-order valence-corrected chi connectivity index (χ1v) is 7.97. The third-order valence-corrected chi connectivity index (χ3v) is 3.32. The van der Waals surface area contributed by atoms with Crippen molar-refractivity contribution in [2.24, 2.45) is 0 Å². The number of carbonyl (C=O) groups excluding carboxylic acids is 1. The standard InChI is InChI=1S/C9H14N2O.C7H11BrN2/c1-7(12)8-5-10-11(6-8)9(2,3)4;1-7(2,3)10-5-6(8)4-9-10/h5-6H,1-4H3;4-5H,1-3H3. The first kappa shape index (κ1) is 18.6. The number of Topliss-reactive ketones (excluding diaryl/α,β-unsaturated/α-hetero) is 1. The van der Waals surface area contributed by atoms with Gasteiger partial charge in [0, 0.05) is 12.4 Å². The molecule has 2 heterocycles. The predicted octanol–water partition coefficient (Wildman–Crippen LogP) is 4.24. The van der Waals surface area contributed by atoms with E-state index in [1.165, 1.54) is 0 Å². The number of nitrogens with zero attached hydrogens (tertiary/aromatic N) is 4. The molecule has 0 aliphatic rings. The van der Waals surface area contributed by atoms with Crippen molar-refractivity contribution in [2.75, 3.05) is 0 Å². The van der Waals surface area contributed by atoms with Crippen LogP contribution in [0.5, 0.6) is 0 Å². The Bertz CT molecular complexity index is 629. The zero-order valence-electron chi connectivity index (χ0n) is 14.4. The van der Waals surface area contributed by atoms with Crippen LogP contribution in [-0.4, -0.2) is 25.3 Å². The zero-order valence-corrected chi connectivity index (χ0v) is 16.0. The third kappa shape index (κ3) is 5.40. The van der Waals surface area contributed by atoms with Gasteiger partial charge in [-0.1, -0.05) is 0 Å². The van der Waals surface area contributed by atoms with Crippen molar-refractivity contribution in [2.45, 2.75) is 59.5 Å². The molecule has 0 fully saturated rings. The topological polar surface area (TPSA) is 52.7 Å². The lowest BCUT2D eigenvalue weighted by Gasteiger charge is -2.18. The van der Waals surface area contributed by atoms with Crippen molar-refractivity contribution >= 4 is 21.7 Å². The highest BCUT2D eigenvalue weighted by Crippen LogP contribution is 2.15. The molecule has 0 aliphatic carbocycles. The molecule has 0 bridgehead atoms. The molecule has 0 amide bonds. The number of hydrogen-bond acceptors (Lipinski definition) is 3. The van der Waals surface area contributed by atoms with E-state index in [0.29, 0.717) is 5.56 Å². The quantitative estimate of drug-likeness (QED) is 0.707. The molecule has 2 aromatic rings. The van der Waals surface area contributed by atoms with Crippen LogP contribution in [0.3, 0.4) is 0 Å². The Morgan fingerprint density at radius 3 is 1.64 bits per heavy atom. The second-order valence-corrected chi connectivity index (χ2v) is 8.09. The summed E-state index contributed by atoms with van der Waals surface area (Å²) in [4.78, 5) is 10.9. The third-order valence-electron chi connectivity index (χ3n) is 2.91. The number of rotatable bonds is 1. The Balaban J connectivity index is 0.000000224. The molecule has 6 heteroatoms. The van der Waals surface area contributed by atoms with Crippen LogP contribution in [0.15, 0.2) is 29.3 Å². The largest absolute Gasteiger partial charge is 0.294 e. The summed E-state index contributed by atoms with van der Waals surface area (Å²) >= 11 is 3.34. The summed E-state index contributed by atoms with van der Waals surface area (Å²) in [5, 5.41) is 8.26. The van der Waals surface area contributed by atoms with E-state index in [1.54, 1.807) is 30.2 Å². The maximum atomic E-state index is 10.9. The second-order valence-electron chi connectivity index (χ2n) is 7.17. The van der Waals surface area contributed by atoms with E-state index in [0.717, 1.165) is 4.47 Å². The molecule has 0 saturated heterocycles. The normalized spacial score (nSPS) is 11.8. The molecule has 0 spiro atoms. The maximum Gasteiger partial charge on any atom is 0.162 e. The van der Waals surface area contributed by atoms with Crippen molar-refractivity contribution in [3.05, 3.63) is 34.8 Å². The predicted molar refractivity (Wildman–Crippen MR) is 92.2 cm³/mol. The molecular weight excluding hydrogens is 344 g/mol. The summed E-state index contributed by atoms with van der Waals surface area (Å²) in [6.07, 6.45) is 7.15. The zero-order chi connectivity index (χ0) is 17.1. The Morgan fingerprint density at radius 1 is 0.955 bits per heavy atom. The van der Waals surface area contributed by atoms with Gasteiger partial charge in [0.05, 0.1) is 33.5 Å². The average molecular weight is 369 g/mol. The van der Waals surface area contributed by atoms with Crippen molar-refractivity contribution in [3.8, 4) is 0 Å². The maximum absolute atomic E-state index is 10.9. The number of carbonyl (C=O) groups is 1. The van der Waals surface area contributed by atoms with E-state index in [2.05, 4.69) is 46.9 Å². The monoisotopic (exact) mass is 368 g/mol. The average Bonchev–Trinajstić information content (AvgIpc) is 2.95. The highest BCUT2D eigenvalue weighted by Gasteiger charge is 2.15. The molecule has 2 aromatic heterocycles. The van der Waals surface area contributed by atoms with Gasteiger partial charge in [0.2, 0.25) is 0 Å². The van der Waals surface area contributed by atoms with Crippen LogP contribution in [0.2, 0.25) is 0 Å². The van der Waals surface area contributed by atoms with Gasteiger partial charge < -0.3 is 0 Å². The van der Waals surface area contributed by atoms with Gasteiger partial charge in [-0.15, -0.1) is 0 Å². The summed E-state index contributed by atoms with van der Waals surface area (Å²) in [6.45, 7) is 14.0. The summed E-state index contributed by atoms with van der Waals surface area (Å²) in [5.41, 5.74) is 0.713. The Kier molecular flexibility index (Phi) is 5.73. The van der Waals surface area contributed by atoms with Gasteiger partial charge in [0.25, 0.3) is 0 Å². The molecule has 0 aliphatic heterocycles. The van der Waals surface area contributed by atoms with E-state index in [9.17, 15) is 4.79 Å². The van der Waals surface area contributed by atoms with Crippen molar-refractivity contribution in [3.63, 3.8) is 0 Å². The molecule has 122 valence electrons. The summed E-state index contributed by atoms with van der Waals surface area (Å²) < 4.78 is 4.75. The molecule has 0 N–H and O–H groups in total.